The minimum absolute atomic E-state index is 0.179. The molecular weight excluding hydrogens is 417 g/mol. The fraction of sp³-hybridized carbons (Fsp3) is 0.222. The van der Waals surface area contributed by atoms with Crippen molar-refractivity contribution in [1.29, 1.82) is 0 Å². The number of carbonyl (C=O) groups excluding carboxylic acids is 2. The highest BCUT2D eigenvalue weighted by molar-refractivity contribution is 6.44. The summed E-state index contributed by atoms with van der Waals surface area (Å²) in [5, 5.41) is 3.22. The van der Waals surface area contributed by atoms with Gasteiger partial charge in [-0.25, -0.2) is 4.79 Å². The second kappa shape index (κ2) is 9.17. The molecule has 2 aromatic rings. The molecule has 0 aliphatic rings. The average molecular weight is 433 g/mol. The number of carbonyl (C=O) groups is 2. The van der Waals surface area contributed by atoms with Gasteiger partial charge in [0.2, 0.25) is 0 Å². The summed E-state index contributed by atoms with van der Waals surface area (Å²) >= 11 is 17.8. The van der Waals surface area contributed by atoms with Crippen LogP contribution in [0.1, 0.15) is 17.3 Å². The molecule has 0 radical (unpaired) electrons. The van der Waals surface area contributed by atoms with Crippen molar-refractivity contribution in [3.8, 4) is 11.5 Å². The van der Waals surface area contributed by atoms with E-state index in [1.54, 1.807) is 6.07 Å². The summed E-state index contributed by atoms with van der Waals surface area (Å²) in [6, 6.07) is 7.38. The highest BCUT2D eigenvalue weighted by atomic mass is 35.5. The summed E-state index contributed by atoms with van der Waals surface area (Å²) in [5.41, 5.74) is 0.431. The molecule has 144 valence electrons. The fourth-order valence-corrected chi connectivity index (χ4v) is 2.65. The fourth-order valence-electron chi connectivity index (χ4n) is 2.06. The third-order valence-corrected chi connectivity index (χ3v) is 4.54. The Morgan fingerprint density at radius 2 is 1.44 bits per heavy atom. The molecular formula is C18H16Cl3NO5. The largest absolute Gasteiger partial charge is 0.497 e. The zero-order valence-electron chi connectivity index (χ0n) is 14.6. The molecule has 1 atom stereocenters. The Labute approximate surface area is 171 Å². The van der Waals surface area contributed by atoms with E-state index < -0.39 is 18.0 Å². The van der Waals surface area contributed by atoms with Crippen molar-refractivity contribution in [2.45, 2.75) is 13.0 Å². The Balaban J connectivity index is 2.10. The van der Waals surface area contributed by atoms with E-state index >= 15 is 0 Å². The van der Waals surface area contributed by atoms with Gasteiger partial charge in [-0.1, -0.05) is 34.8 Å². The van der Waals surface area contributed by atoms with Crippen molar-refractivity contribution in [1.82, 2.24) is 0 Å². The van der Waals surface area contributed by atoms with E-state index in [1.165, 1.54) is 45.4 Å². The Morgan fingerprint density at radius 1 is 0.889 bits per heavy atom. The van der Waals surface area contributed by atoms with Gasteiger partial charge in [0.15, 0.2) is 6.10 Å². The molecule has 6 nitrogen and oxygen atoms in total. The van der Waals surface area contributed by atoms with Crippen LogP contribution in [0.2, 0.25) is 15.1 Å². The molecule has 2 aromatic carbocycles. The number of esters is 1. The molecule has 0 bridgehead atoms. The molecule has 2 rings (SSSR count). The number of halogens is 3. The molecule has 1 N–H and O–H groups in total. The normalized spacial score (nSPS) is 11.5. The van der Waals surface area contributed by atoms with Crippen LogP contribution in [0.15, 0.2) is 30.3 Å². The summed E-state index contributed by atoms with van der Waals surface area (Å²) in [6.07, 6.45) is -1.10. The maximum Gasteiger partial charge on any atom is 0.339 e. The molecule has 0 saturated carbocycles. The van der Waals surface area contributed by atoms with Crippen LogP contribution in [0.5, 0.6) is 11.5 Å². The first-order valence-corrected chi connectivity index (χ1v) is 8.78. The Kier molecular flexibility index (Phi) is 7.18. The maximum atomic E-state index is 12.3. The summed E-state index contributed by atoms with van der Waals surface area (Å²) in [6.45, 7) is 1.43. The van der Waals surface area contributed by atoms with Gasteiger partial charge in [0.1, 0.15) is 11.5 Å². The number of amides is 1. The molecule has 0 aromatic heterocycles. The lowest BCUT2D eigenvalue weighted by Gasteiger charge is -2.15. The molecule has 0 aliphatic carbocycles. The predicted molar refractivity (Wildman–Crippen MR) is 105 cm³/mol. The molecule has 0 fully saturated rings. The predicted octanol–water partition coefficient (Wildman–Crippen LogP) is 4.85. The second-order valence-electron chi connectivity index (χ2n) is 5.38. The van der Waals surface area contributed by atoms with Crippen LogP contribution in [-0.2, 0) is 9.53 Å². The van der Waals surface area contributed by atoms with Crippen LogP contribution in [0.25, 0.3) is 0 Å². The van der Waals surface area contributed by atoms with E-state index in [2.05, 4.69) is 5.32 Å². The molecule has 0 heterocycles. The van der Waals surface area contributed by atoms with Crippen LogP contribution in [0.4, 0.5) is 5.69 Å². The zero-order valence-corrected chi connectivity index (χ0v) is 16.9. The third-order valence-electron chi connectivity index (χ3n) is 3.51. The minimum Gasteiger partial charge on any atom is -0.497 e. The number of methoxy groups -OCH3 is 2. The average Bonchev–Trinajstić information content (AvgIpc) is 2.65. The lowest BCUT2D eigenvalue weighted by molar-refractivity contribution is -0.123. The molecule has 27 heavy (non-hydrogen) atoms. The molecule has 0 spiro atoms. The lowest BCUT2D eigenvalue weighted by atomic mass is 10.2. The van der Waals surface area contributed by atoms with Crippen LogP contribution in [0, 0.1) is 0 Å². The summed E-state index contributed by atoms with van der Waals surface area (Å²) < 4.78 is 15.4. The first kappa shape index (κ1) is 21.2. The minimum atomic E-state index is -1.10. The van der Waals surface area contributed by atoms with E-state index in [9.17, 15) is 9.59 Å². The Morgan fingerprint density at radius 3 is 2.00 bits per heavy atom. The van der Waals surface area contributed by atoms with Crippen molar-refractivity contribution in [3.63, 3.8) is 0 Å². The highest BCUT2D eigenvalue weighted by Crippen LogP contribution is 2.32. The van der Waals surface area contributed by atoms with Gasteiger partial charge in [-0.3, -0.25) is 4.79 Å². The Hall–Kier alpha value is -2.15. The van der Waals surface area contributed by atoms with Gasteiger partial charge in [0.05, 0.1) is 40.5 Å². The van der Waals surface area contributed by atoms with E-state index in [-0.39, 0.29) is 26.3 Å². The van der Waals surface area contributed by atoms with Crippen LogP contribution in [0.3, 0.4) is 0 Å². The summed E-state index contributed by atoms with van der Waals surface area (Å²) in [5.74, 6) is -0.462. The van der Waals surface area contributed by atoms with Crippen molar-refractivity contribution < 1.29 is 23.8 Å². The number of hydrogen-bond donors (Lipinski definition) is 1. The number of nitrogens with one attached hydrogen (secondary N) is 1. The molecule has 1 amide bonds. The van der Waals surface area contributed by atoms with Crippen molar-refractivity contribution in [2.75, 3.05) is 19.5 Å². The maximum absolute atomic E-state index is 12.3. The first-order chi connectivity index (χ1) is 12.7. The van der Waals surface area contributed by atoms with Crippen LogP contribution in [-0.4, -0.2) is 32.2 Å². The Bertz CT molecular complexity index is 850. The molecule has 9 heteroatoms. The van der Waals surface area contributed by atoms with E-state index in [0.29, 0.717) is 11.5 Å². The number of anilines is 1. The smallest absolute Gasteiger partial charge is 0.339 e. The topological polar surface area (TPSA) is 73.9 Å². The van der Waals surface area contributed by atoms with Crippen molar-refractivity contribution in [2.24, 2.45) is 0 Å². The molecule has 1 unspecified atom stereocenters. The lowest BCUT2D eigenvalue weighted by Crippen LogP contribution is -2.30. The van der Waals surface area contributed by atoms with E-state index in [4.69, 9.17) is 49.0 Å². The number of rotatable bonds is 6. The molecule has 0 saturated heterocycles. The van der Waals surface area contributed by atoms with Gasteiger partial charge >= 0.3 is 5.97 Å². The standard InChI is InChI=1S/C18H16Cl3NO5/c1-9(17(23)22-16-8-14(20)13(19)7-15(16)21)27-18(24)10-4-11(25-2)6-12(5-10)26-3/h4-9H,1-3H3,(H,22,23). The van der Waals surface area contributed by atoms with Gasteiger partial charge in [-0.05, 0) is 31.2 Å². The van der Waals surface area contributed by atoms with E-state index in [1.807, 2.05) is 0 Å². The van der Waals surface area contributed by atoms with Crippen molar-refractivity contribution >= 4 is 52.4 Å². The summed E-state index contributed by atoms with van der Waals surface area (Å²) in [7, 11) is 2.92. The van der Waals surface area contributed by atoms with Gasteiger partial charge in [-0.15, -0.1) is 0 Å². The second-order valence-corrected chi connectivity index (χ2v) is 6.61. The van der Waals surface area contributed by atoms with Gasteiger partial charge in [-0.2, -0.15) is 0 Å². The van der Waals surface area contributed by atoms with Crippen molar-refractivity contribution in [3.05, 3.63) is 51.0 Å². The number of ether oxygens (including phenoxy) is 3. The van der Waals surface area contributed by atoms with E-state index in [0.717, 1.165) is 0 Å². The monoisotopic (exact) mass is 431 g/mol. The third kappa shape index (κ3) is 5.42. The van der Waals surface area contributed by atoms with Gasteiger partial charge < -0.3 is 19.5 Å². The first-order valence-electron chi connectivity index (χ1n) is 7.64. The number of benzene rings is 2. The highest BCUT2D eigenvalue weighted by Gasteiger charge is 2.21. The SMILES string of the molecule is COc1cc(OC)cc(C(=O)OC(C)C(=O)Nc2cc(Cl)c(Cl)cc2Cl)c1. The zero-order chi connectivity index (χ0) is 20.1. The number of hydrogen-bond acceptors (Lipinski definition) is 5. The quantitative estimate of drug-likeness (QED) is 0.522. The molecule has 0 aliphatic heterocycles. The van der Waals surface area contributed by atoms with Gasteiger partial charge in [0.25, 0.3) is 5.91 Å². The van der Waals surface area contributed by atoms with Crippen LogP contribution >= 0.6 is 34.8 Å². The summed E-state index contributed by atoms with van der Waals surface area (Å²) in [4.78, 5) is 24.6. The van der Waals surface area contributed by atoms with Crippen LogP contribution < -0.4 is 14.8 Å². The van der Waals surface area contributed by atoms with Gasteiger partial charge in [0, 0.05) is 6.07 Å².